The molecule has 0 aliphatic carbocycles. The molecule has 0 saturated carbocycles. The largest absolute Gasteiger partial charge is 0.289 e. The van der Waals surface area contributed by atoms with Crippen LogP contribution in [0, 0.1) is 0 Å². The molecule has 0 radical (unpaired) electrons. The summed E-state index contributed by atoms with van der Waals surface area (Å²) in [6, 6.07) is 46.5. The van der Waals surface area contributed by atoms with Crippen LogP contribution in [-0.2, 0) is 4.57 Å². The number of para-hydroxylation sites is 1. The Bertz CT molecular complexity index is 1940. The third kappa shape index (κ3) is 2.79. The van der Waals surface area contributed by atoms with Crippen LogP contribution in [0.2, 0.25) is 0 Å². The van der Waals surface area contributed by atoms with Gasteiger partial charge in [-0.15, -0.1) is 0 Å². The van der Waals surface area contributed by atoms with E-state index in [4.69, 9.17) is 0 Å². The van der Waals surface area contributed by atoms with Gasteiger partial charge in [-0.25, -0.2) is 0 Å². The van der Waals surface area contributed by atoms with Crippen molar-refractivity contribution >= 4 is 40.0 Å². The van der Waals surface area contributed by atoms with E-state index in [-0.39, 0.29) is 0 Å². The fourth-order valence-electron chi connectivity index (χ4n) is 6.08. The van der Waals surface area contributed by atoms with Crippen molar-refractivity contribution in [3.63, 3.8) is 0 Å². The van der Waals surface area contributed by atoms with Crippen molar-refractivity contribution in [2.24, 2.45) is 0 Å². The first-order chi connectivity index (χ1) is 18.2. The summed E-state index contributed by atoms with van der Waals surface area (Å²) in [4.78, 5) is 0. The molecule has 8 rings (SSSR count). The molecule has 0 spiro atoms. The molecule has 2 nitrogen and oxygen atoms in total. The van der Waals surface area contributed by atoms with Gasteiger partial charge in [-0.1, -0.05) is 97.1 Å². The second kappa shape index (κ2) is 7.56. The molecule has 2 aliphatic heterocycles. The van der Waals surface area contributed by atoms with Gasteiger partial charge in [0.1, 0.15) is 0 Å². The molecule has 0 bridgehead atoms. The topological polar surface area (TPSA) is 20.3 Å². The molecule has 0 N–H and O–H groups in total. The standard InChI is InChI=1S/C34H22NOP/c36-37-33-15-7-4-12-28(33)27-11-3-6-14-31(27)35(37)32-20-19-26(22-30(32)29-13-5-8-16-34(29)37)25-18-17-23-9-1-2-10-24(23)21-25/h1-22H. The molecule has 6 aromatic carbocycles. The highest BCUT2D eigenvalue weighted by Gasteiger charge is 2.47. The molecular weight excluding hydrogens is 469 g/mol. The van der Waals surface area contributed by atoms with Crippen LogP contribution in [0.5, 0.6) is 0 Å². The van der Waals surface area contributed by atoms with Crippen molar-refractivity contribution in [1.82, 2.24) is 0 Å². The molecular formula is C34H22NOP. The van der Waals surface area contributed by atoms with Gasteiger partial charge in [0.05, 0.1) is 11.4 Å². The molecule has 0 saturated heterocycles. The van der Waals surface area contributed by atoms with E-state index in [1.165, 1.54) is 16.3 Å². The summed E-state index contributed by atoms with van der Waals surface area (Å²) in [7, 11) is -3.15. The number of hydrogen-bond acceptors (Lipinski definition) is 1. The van der Waals surface area contributed by atoms with Crippen molar-refractivity contribution in [2.75, 3.05) is 4.67 Å². The molecule has 1 unspecified atom stereocenters. The summed E-state index contributed by atoms with van der Waals surface area (Å²) in [5.41, 5.74) is 8.67. The van der Waals surface area contributed by atoms with Gasteiger partial charge in [-0.2, -0.15) is 0 Å². The zero-order chi connectivity index (χ0) is 24.6. The Hall–Kier alpha value is -4.39. The lowest BCUT2D eigenvalue weighted by Gasteiger charge is -2.44. The van der Waals surface area contributed by atoms with E-state index < -0.39 is 7.29 Å². The molecule has 6 aromatic rings. The maximum atomic E-state index is 15.4. The first-order valence-electron chi connectivity index (χ1n) is 12.6. The second-order valence-corrected chi connectivity index (χ2v) is 12.2. The summed E-state index contributed by atoms with van der Waals surface area (Å²) in [5.74, 6) is 0. The summed E-state index contributed by atoms with van der Waals surface area (Å²) < 4.78 is 17.5. The van der Waals surface area contributed by atoms with E-state index >= 15 is 4.57 Å². The van der Waals surface area contributed by atoms with Gasteiger partial charge in [0.25, 0.3) is 0 Å². The highest BCUT2D eigenvalue weighted by Crippen LogP contribution is 2.65. The number of fused-ring (bicyclic) bond motifs is 12. The quantitative estimate of drug-likeness (QED) is 0.215. The van der Waals surface area contributed by atoms with Crippen molar-refractivity contribution in [1.29, 1.82) is 0 Å². The average Bonchev–Trinajstić information content (AvgIpc) is 2.97. The predicted molar refractivity (Wildman–Crippen MR) is 156 cm³/mol. The van der Waals surface area contributed by atoms with Crippen LogP contribution in [0.1, 0.15) is 0 Å². The molecule has 0 fully saturated rings. The molecule has 1 atom stereocenters. The minimum absolute atomic E-state index is 0.903. The molecule has 3 heteroatoms. The van der Waals surface area contributed by atoms with Gasteiger partial charge in [0.15, 0.2) is 0 Å². The van der Waals surface area contributed by atoms with Crippen LogP contribution < -0.4 is 15.3 Å². The van der Waals surface area contributed by atoms with Crippen molar-refractivity contribution in [3.8, 4) is 33.4 Å². The lowest BCUT2D eigenvalue weighted by atomic mass is 9.95. The normalized spacial score (nSPS) is 16.8. The highest BCUT2D eigenvalue weighted by molar-refractivity contribution is 7.81. The van der Waals surface area contributed by atoms with E-state index in [9.17, 15) is 0 Å². The number of hydrogen-bond donors (Lipinski definition) is 0. The summed E-state index contributed by atoms with van der Waals surface area (Å²) in [6.07, 6.45) is 0. The van der Waals surface area contributed by atoms with Crippen LogP contribution in [0.25, 0.3) is 44.2 Å². The third-order valence-corrected chi connectivity index (χ3v) is 10.8. The molecule has 174 valence electrons. The Balaban J connectivity index is 1.42. The first kappa shape index (κ1) is 20.8. The molecule has 0 aromatic heterocycles. The van der Waals surface area contributed by atoms with Crippen LogP contribution in [0.15, 0.2) is 133 Å². The highest BCUT2D eigenvalue weighted by atomic mass is 31.2. The van der Waals surface area contributed by atoms with Crippen molar-refractivity contribution in [3.05, 3.63) is 133 Å². The van der Waals surface area contributed by atoms with Crippen LogP contribution >= 0.6 is 7.29 Å². The number of rotatable bonds is 1. The average molecular weight is 492 g/mol. The second-order valence-electron chi connectivity index (χ2n) is 9.73. The van der Waals surface area contributed by atoms with Gasteiger partial charge in [-0.05, 0) is 69.4 Å². The maximum Gasteiger partial charge on any atom is 0.235 e. The van der Waals surface area contributed by atoms with Crippen molar-refractivity contribution in [2.45, 2.75) is 0 Å². The minimum atomic E-state index is -3.15. The van der Waals surface area contributed by atoms with Gasteiger partial charge < -0.3 is 0 Å². The van der Waals surface area contributed by atoms with Crippen LogP contribution in [0.3, 0.4) is 0 Å². The summed E-state index contributed by atoms with van der Waals surface area (Å²) in [5, 5.41) is 4.27. The first-order valence-corrected chi connectivity index (χ1v) is 14.2. The Kier molecular flexibility index (Phi) is 4.24. The lowest BCUT2D eigenvalue weighted by Crippen LogP contribution is -2.37. The number of anilines is 2. The molecule has 0 amide bonds. The molecule has 2 aliphatic rings. The van der Waals surface area contributed by atoms with Crippen molar-refractivity contribution < 1.29 is 4.57 Å². The minimum Gasteiger partial charge on any atom is -0.289 e. The van der Waals surface area contributed by atoms with E-state index in [1.54, 1.807) is 0 Å². The Morgan fingerprint density at radius 1 is 0.432 bits per heavy atom. The zero-order valence-electron chi connectivity index (χ0n) is 20.0. The smallest absolute Gasteiger partial charge is 0.235 e. The van der Waals surface area contributed by atoms with Gasteiger partial charge in [0, 0.05) is 21.7 Å². The number of nitrogens with zero attached hydrogens (tertiary/aromatic N) is 1. The zero-order valence-corrected chi connectivity index (χ0v) is 20.9. The molecule has 37 heavy (non-hydrogen) atoms. The van der Waals surface area contributed by atoms with Crippen LogP contribution in [0.4, 0.5) is 11.4 Å². The van der Waals surface area contributed by atoms with E-state index in [0.29, 0.717) is 0 Å². The monoisotopic (exact) mass is 491 g/mol. The Labute approximate surface area is 215 Å². The third-order valence-electron chi connectivity index (χ3n) is 7.76. The fourth-order valence-corrected chi connectivity index (χ4v) is 9.35. The summed E-state index contributed by atoms with van der Waals surface area (Å²) >= 11 is 0. The van der Waals surface area contributed by atoms with Gasteiger partial charge in [0.2, 0.25) is 7.29 Å². The predicted octanol–water partition coefficient (Wildman–Crippen LogP) is 8.53. The van der Waals surface area contributed by atoms with E-state index in [1.807, 2.05) is 30.3 Å². The van der Waals surface area contributed by atoms with Gasteiger partial charge >= 0.3 is 0 Å². The lowest BCUT2D eigenvalue weighted by molar-refractivity contribution is 0.586. The summed E-state index contributed by atoms with van der Waals surface area (Å²) in [6.45, 7) is 0. The van der Waals surface area contributed by atoms with E-state index in [0.717, 1.165) is 49.8 Å². The Morgan fingerprint density at radius 3 is 1.76 bits per heavy atom. The molecule has 2 heterocycles. The SMILES string of the molecule is O=P12c3ccccc3-c3ccccc3N1c1ccc(-c3ccc4ccccc4c3)cc1-c1ccccc12. The maximum absolute atomic E-state index is 15.4. The fraction of sp³-hybridized carbons (Fsp3) is 0. The van der Waals surface area contributed by atoms with Crippen LogP contribution in [-0.4, -0.2) is 0 Å². The number of benzene rings is 6. The van der Waals surface area contributed by atoms with Gasteiger partial charge in [-0.3, -0.25) is 9.24 Å². The van der Waals surface area contributed by atoms with E-state index in [2.05, 4.69) is 108 Å². The Morgan fingerprint density at radius 2 is 0.973 bits per heavy atom.